The van der Waals surface area contributed by atoms with Gasteiger partial charge in [0.1, 0.15) is 0 Å². The molecule has 0 bridgehead atoms. The largest absolute Gasteiger partial charge is 0.392 e. The average molecular weight is 571 g/mol. The highest BCUT2D eigenvalue weighted by Gasteiger charge is 2.34. The third-order valence-corrected chi connectivity index (χ3v) is 8.42. The maximum Gasteiger partial charge on any atom is 0.326 e. The second kappa shape index (κ2) is 12.6. The van der Waals surface area contributed by atoms with Crippen LogP contribution in [0.1, 0.15) is 66.9 Å². The number of nitrogens with one attached hydrogen (secondary N) is 2. The molecule has 3 heterocycles. The van der Waals surface area contributed by atoms with Crippen molar-refractivity contribution in [1.82, 2.24) is 19.8 Å². The number of aliphatic hydroxyl groups excluding tert-OH is 1. The minimum atomic E-state index is -0.525. The summed E-state index contributed by atoms with van der Waals surface area (Å²) in [6, 6.07) is 24.0. The minimum Gasteiger partial charge on any atom is -0.392 e. The zero-order valence-electron chi connectivity index (χ0n) is 23.9. The van der Waals surface area contributed by atoms with Crippen LogP contribution in [0.2, 0.25) is 0 Å². The summed E-state index contributed by atoms with van der Waals surface area (Å²) in [4.78, 5) is 29.5. The molecule has 0 aliphatic carbocycles. The molecule has 42 heavy (non-hydrogen) atoms. The molecule has 1 amide bonds. The SMILES string of the molecule is CC(=O)NCc1ccc([C@@H]2O[C@H](CN3CCC(n4c(=O)[nH]c5ccccc54)CC3)C[C@H](c3ccc(CO)cc3)O2)cc1. The number of piperidine rings is 1. The number of para-hydroxylation sites is 2. The van der Waals surface area contributed by atoms with E-state index in [-0.39, 0.29) is 36.5 Å². The van der Waals surface area contributed by atoms with Crippen molar-refractivity contribution >= 4 is 16.9 Å². The van der Waals surface area contributed by atoms with Gasteiger partial charge in [0.2, 0.25) is 5.91 Å². The fourth-order valence-electron chi connectivity index (χ4n) is 6.14. The summed E-state index contributed by atoms with van der Waals surface area (Å²) >= 11 is 0. The van der Waals surface area contributed by atoms with Crippen LogP contribution < -0.4 is 11.0 Å². The van der Waals surface area contributed by atoms with Crippen LogP contribution in [0.15, 0.2) is 77.6 Å². The summed E-state index contributed by atoms with van der Waals surface area (Å²) in [6.07, 6.45) is 1.80. The van der Waals surface area contributed by atoms with Crippen LogP contribution in [0.25, 0.3) is 11.0 Å². The Kier molecular flexibility index (Phi) is 8.53. The molecule has 2 fully saturated rings. The van der Waals surface area contributed by atoms with Crippen LogP contribution in [0.4, 0.5) is 0 Å². The Morgan fingerprint density at radius 3 is 2.36 bits per heavy atom. The number of benzene rings is 3. The number of aliphatic hydroxyl groups is 1. The zero-order chi connectivity index (χ0) is 29.1. The number of likely N-dealkylation sites (tertiary alicyclic amines) is 1. The maximum atomic E-state index is 12.7. The Morgan fingerprint density at radius 2 is 1.64 bits per heavy atom. The standard InChI is InChI=1S/C33H38N4O5/c1-22(39)34-19-23-6-12-26(13-7-23)32-41-28(18-31(42-32)25-10-8-24(21-38)9-11-25)20-36-16-14-27(15-17-36)37-30-5-3-2-4-29(30)35-33(37)40/h2-13,27-28,31-32,38H,14-21H2,1H3,(H,34,39)(H,35,40)/t28-,31+,32+/m0/s1. The Bertz CT molecular complexity index is 1550. The van der Waals surface area contributed by atoms with Crippen molar-refractivity contribution in [3.63, 3.8) is 0 Å². The number of H-pyrrole nitrogens is 1. The molecule has 0 unspecified atom stereocenters. The summed E-state index contributed by atoms with van der Waals surface area (Å²) in [7, 11) is 0. The fourth-order valence-corrected chi connectivity index (χ4v) is 6.14. The molecule has 1 aromatic heterocycles. The number of nitrogens with zero attached hydrogens (tertiary/aromatic N) is 2. The second-order valence-electron chi connectivity index (χ2n) is 11.4. The number of fused-ring (bicyclic) bond motifs is 1. The summed E-state index contributed by atoms with van der Waals surface area (Å²) in [5.41, 5.74) is 5.68. The number of ether oxygens (including phenoxy) is 2. The molecule has 9 heteroatoms. The highest BCUT2D eigenvalue weighted by atomic mass is 16.7. The van der Waals surface area contributed by atoms with Gasteiger partial charge in [0.25, 0.3) is 0 Å². The number of imidazole rings is 1. The lowest BCUT2D eigenvalue weighted by molar-refractivity contribution is -0.253. The quantitative estimate of drug-likeness (QED) is 0.291. The molecule has 0 saturated carbocycles. The molecule has 3 aromatic carbocycles. The van der Waals surface area contributed by atoms with Crippen LogP contribution >= 0.6 is 0 Å². The van der Waals surface area contributed by atoms with Crippen LogP contribution in [0, 0.1) is 0 Å². The van der Waals surface area contributed by atoms with Crippen molar-refractivity contribution in [2.45, 2.75) is 63.9 Å². The van der Waals surface area contributed by atoms with Crippen molar-refractivity contribution in [1.29, 1.82) is 0 Å². The van der Waals surface area contributed by atoms with Crippen molar-refractivity contribution in [2.24, 2.45) is 0 Å². The summed E-state index contributed by atoms with van der Waals surface area (Å²) in [6.45, 7) is 4.54. The molecule has 3 N–H and O–H groups in total. The van der Waals surface area contributed by atoms with E-state index in [1.165, 1.54) is 6.92 Å². The number of amides is 1. The zero-order valence-corrected chi connectivity index (χ0v) is 23.9. The molecule has 2 aliphatic rings. The molecule has 4 aromatic rings. The van der Waals surface area contributed by atoms with Crippen molar-refractivity contribution in [2.75, 3.05) is 19.6 Å². The second-order valence-corrected chi connectivity index (χ2v) is 11.4. The molecular weight excluding hydrogens is 532 g/mol. The minimum absolute atomic E-state index is 0.00558. The van der Waals surface area contributed by atoms with Gasteiger partial charge in [0, 0.05) is 51.1 Å². The number of rotatable bonds is 8. The topological polar surface area (TPSA) is 109 Å². The van der Waals surface area contributed by atoms with E-state index in [1.54, 1.807) is 0 Å². The number of carbonyl (C=O) groups is 1. The number of carbonyl (C=O) groups excluding carboxylic acids is 1. The first-order valence-corrected chi connectivity index (χ1v) is 14.7. The van der Waals surface area contributed by atoms with Gasteiger partial charge in [0.15, 0.2) is 6.29 Å². The third-order valence-electron chi connectivity index (χ3n) is 8.42. The predicted octanol–water partition coefficient (Wildman–Crippen LogP) is 4.34. The average Bonchev–Trinajstić information content (AvgIpc) is 3.36. The highest BCUT2D eigenvalue weighted by molar-refractivity contribution is 5.75. The van der Waals surface area contributed by atoms with E-state index in [1.807, 2.05) is 77.4 Å². The summed E-state index contributed by atoms with van der Waals surface area (Å²) in [5.74, 6) is -0.0616. The van der Waals surface area contributed by atoms with Crippen LogP contribution in [0.3, 0.4) is 0 Å². The van der Waals surface area contributed by atoms with Gasteiger partial charge in [-0.2, -0.15) is 0 Å². The van der Waals surface area contributed by atoms with Crippen molar-refractivity contribution < 1.29 is 19.4 Å². The van der Waals surface area contributed by atoms with Crippen molar-refractivity contribution in [3.8, 4) is 0 Å². The number of aromatic amines is 1. The van der Waals surface area contributed by atoms with Crippen molar-refractivity contribution in [3.05, 3.63) is 106 Å². The Hall–Kier alpha value is -3.76. The lowest BCUT2D eigenvalue weighted by atomic mass is 9.98. The molecule has 220 valence electrons. The lowest BCUT2D eigenvalue weighted by Gasteiger charge is -2.40. The summed E-state index contributed by atoms with van der Waals surface area (Å²) in [5, 5.41) is 12.3. The summed E-state index contributed by atoms with van der Waals surface area (Å²) < 4.78 is 15.0. The van der Waals surface area contributed by atoms with Gasteiger partial charge in [-0.1, -0.05) is 60.7 Å². The van der Waals surface area contributed by atoms with Gasteiger partial charge in [-0.25, -0.2) is 4.79 Å². The van der Waals surface area contributed by atoms with E-state index >= 15 is 0 Å². The van der Waals surface area contributed by atoms with Crippen LogP contribution in [-0.2, 0) is 27.4 Å². The lowest BCUT2D eigenvalue weighted by Crippen LogP contribution is -2.43. The smallest absolute Gasteiger partial charge is 0.326 e. The fraction of sp³-hybridized carbons (Fsp3) is 0.394. The Morgan fingerprint density at radius 1 is 0.952 bits per heavy atom. The van der Waals surface area contributed by atoms with E-state index in [0.717, 1.165) is 72.2 Å². The van der Waals surface area contributed by atoms with Gasteiger partial charge in [-0.15, -0.1) is 0 Å². The van der Waals surface area contributed by atoms with Crippen LogP contribution in [0.5, 0.6) is 0 Å². The van der Waals surface area contributed by atoms with Gasteiger partial charge in [-0.3, -0.25) is 9.36 Å². The normalized spacial score (nSPS) is 21.9. The monoisotopic (exact) mass is 570 g/mol. The third kappa shape index (κ3) is 6.34. The van der Waals surface area contributed by atoms with Crippen LogP contribution in [-0.4, -0.2) is 51.2 Å². The molecule has 6 rings (SSSR count). The van der Waals surface area contributed by atoms with E-state index in [9.17, 15) is 14.7 Å². The first-order chi connectivity index (χ1) is 20.5. The predicted molar refractivity (Wildman–Crippen MR) is 160 cm³/mol. The number of aromatic nitrogens is 2. The number of hydrogen-bond donors (Lipinski definition) is 3. The first-order valence-electron chi connectivity index (χ1n) is 14.7. The van der Waals surface area contributed by atoms with E-state index in [2.05, 4.69) is 15.2 Å². The maximum absolute atomic E-state index is 12.7. The molecule has 3 atom stereocenters. The van der Waals surface area contributed by atoms with Gasteiger partial charge < -0.3 is 29.8 Å². The molecule has 2 saturated heterocycles. The van der Waals surface area contributed by atoms with Gasteiger partial charge >= 0.3 is 5.69 Å². The highest BCUT2D eigenvalue weighted by Crippen LogP contribution is 2.38. The molecule has 2 aliphatic heterocycles. The molecule has 9 nitrogen and oxygen atoms in total. The molecule has 0 spiro atoms. The first kappa shape index (κ1) is 28.4. The van der Waals surface area contributed by atoms with E-state index in [4.69, 9.17) is 9.47 Å². The molecule has 0 radical (unpaired) electrons. The van der Waals surface area contributed by atoms with E-state index in [0.29, 0.717) is 6.54 Å². The Labute approximate surface area is 245 Å². The Balaban J connectivity index is 1.15. The molecular formula is C33H38N4O5. The van der Waals surface area contributed by atoms with Gasteiger partial charge in [0.05, 0.1) is 29.8 Å². The van der Waals surface area contributed by atoms with E-state index < -0.39 is 6.29 Å². The number of hydrogen-bond acceptors (Lipinski definition) is 6. The van der Waals surface area contributed by atoms with Gasteiger partial charge in [-0.05, 0) is 41.7 Å².